The van der Waals surface area contributed by atoms with Crippen molar-refractivity contribution in [2.24, 2.45) is 4.99 Å². The van der Waals surface area contributed by atoms with E-state index in [1.54, 1.807) is 7.11 Å². The maximum absolute atomic E-state index is 5.24. The summed E-state index contributed by atoms with van der Waals surface area (Å²) in [5.74, 6) is 0.914. The van der Waals surface area contributed by atoms with Crippen molar-refractivity contribution in [1.29, 1.82) is 0 Å². The van der Waals surface area contributed by atoms with E-state index in [-0.39, 0.29) is 11.6 Å². The number of ether oxygens (including phenoxy) is 1. The van der Waals surface area contributed by atoms with Crippen LogP contribution < -0.4 is 4.74 Å². The molecule has 1 fully saturated rings. The lowest BCUT2D eigenvalue weighted by Gasteiger charge is -2.43. The smallest absolute Gasteiger partial charge is 0.118 e. The van der Waals surface area contributed by atoms with Gasteiger partial charge in [0, 0.05) is 7.05 Å². The quantitative estimate of drug-likeness (QED) is 0.812. The first-order chi connectivity index (χ1) is 9.26. The zero-order valence-electron chi connectivity index (χ0n) is 11.8. The Morgan fingerprint density at radius 2 is 1.84 bits per heavy atom. The molecule has 1 unspecified atom stereocenters. The third-order valence-electron chi connectivity index (χ3n) is 4.75. The van der Waals surface area contributed by atoms with Gasteiger partial charge in [-0.1, -0.05) is 31.4 Å². The number of aliphatic imine (C=N–C) groups is 1. The van der Waals surface area contributed by atoms with Crippen LogP contribution in [0.4, 0.5) is 0 Å². The predicted octanol–water partition coefficient (Wildman–Crippen LogP) is 3.41. The van der Waals surface area contributed by atoms with Gasteiger partial charge >= 0.3 is 0 Å². The van der Waals surface area contributed by atoms with Gasteiger partial charge in [-0.05, 0) is 30.5 Å². The van der Waals surface area contributed by atoms with Crippen LogP contribution >= 0.6 is 0 Å². The number of hydrogen-bond acceptors (Lipinski definition) is 3. The second kappa shape index (κ2) is 4.87. The van der Waals surface area contributed by atoms with Crippen LogP contribution in [0.2, 0.25) is 0 Å². The molecule has 1 spiro atoms. The summed E-state index contributed by atoms with van der Waals surface area (Å²) in [6.45, 7) is 0. The highest BCUT2D eigenvalue weighted by atomic mass is 16.5. The summed E-state index contributed by atoms with van der Waals surface area (Å²) < 4.78 is 5.24. The molecule has 1 saturated carbocycles. The average Bonchev–Trinajstić information content (AvgIpc) is 2.77. The molecule has 1 aromatic carbocycles. The first-order valence-electron chi connectivity index (χ1n) is 7.16. The van der Waals surface area contributed by atoms with E-state index in [1.807, 2.05) is 18.5 Å². The van der Waals surface area contributed by atoms with Crippen molar-refractivity contribution >= 4 is 6.34 Å². The molecule has 1 aliphatic carbocycles. The summed E-state index contributed by atoms with van der Waals surface area (Å²) in [5, 5.41) is 0. The first-order valence-corrected chi connectivity index (χ1v) is 7.16. The molecule has 102 valence electrons. The minimum Gasteiger partial charge on any atom is -0.497 e. The van der Waals surface area contributed by atoms with Gasteiger partial charge in [-0.2, -0.15) is 0 Å². The molecule has 0 amide bonds. The van der Waals surface area contributed by atoms with Crippen molar-refractivity contribution in [2.45, 2.75) is 43.7 Å². The largest absolute Gasteiger partial charge is 0.497 e. The number of rotatable bonds is 2. The van der Waals surface area contributed by atoms with Crippen LogP contribution in [0.5, 0.6) is 5.75 Å². The summed E-state index contributed by atoms with van der Waals surface area (Å²) in [4.78, 5) is 7.13. The van der Waals surface area contributed by atoms with Gasteiger partial charge in [-0.15, -0.1) is 0 Å². The molecule has 3 heteroatoms. The van der Waals surface area contributed by atoms with Gasteiger partial charge in [0.1, 0.15) is 5.75 Å². The molecule has 0 N–H and O–H groups in total. The Hall–Kier alpha value is -1.51. The Morgan fingerprint density at radius 1 is 1.16 bits per heavy atom. The van der Waals surface area contributed by atoms with Gasteiger partial charge in [0.25, 0.3) is 0 Å². The maximum atomic E-state index is 5.24. The van der Waals surface area contributed by atoms with Gasteiger partial charge in [0.05, 0.1) is 25.0 Å². The van der Waals surface area contributed by atoms with Crippen LogP contribution in [0.3, 0.4) is 0 Å². The standard InChI is InChI=1S/C16H22N2O/c1-18-12-17-15(16(18)10-4-3-5-11-16)13-6-8-14(19-2)9-7-13/h6-9,12,15H,3-5,10-11H2,1-2H3. The predicted molar refractivity (Wildman–Crippen MR) is 77.8 cm³/mol. The van der Waals surface area contributed by atoms with Crippen molar-refractivity contribution in [3.8, 4) is 5.75 Å². The number of nitrogens with zero attached hydrogens (tertiary/aromatic N) is 2. The van der Waals surface area contributed by atoms with Crippen molar-refractivity contribution in [2.75, 3.05) is 14.2 Å². The van der Waals surface area contributed by atoms with Crippen molar-refractivity contribution in [1.82, 2.24) is 4.90 Å². The molecule has 0 aromatic heterocycles. The van der Waals surface area contributed by atoms with Gasteiger partial charge < -0.3 is 9.64 Å². The third-order valence-corrected chi connectivity index (χ3v) is 4.75. The molecule has 19 heavy (non-hydrogen) atoms. The Kier molecular flexibility index (Phi) is 3.21. The van der Waals surface area contributed by atoms with Gasteiger partial charge in [0.15, 0.2) is 0 Å². The van der Waals surface area contributed by atoms with E-state index < -0.39 is 0 Å². The van der Waals surface area contributed by atoms with Gasteiger partial charge in [0.2, 0.25) is 0 Å². The Balaban J connectivity index is 1.91. The fourth-order valence-corrected chi connectivity index (χ4v) is 3.59. The van der Waals surface area contributed by atoms with Crippen molar-refractivity contribution in [3.63, 3.8) is 0 Å². The fraction of sp³-hybridized carbons (Fsp3) is 0.562. The van der Waals surface area contributed by atoms with Crippen molar-refractivity contribution in [3.05, 3.63) is 29.8 Å². The topological polar surface area (TPSA) is 24.8 Å². The van der Waals surface area contributed by atoms with Crippen LogP contribution in [-0.4, -0.2) is 30.9 Å². The molecule has 1 heterocycles. The van der Waals surface area contributed by atoms with E-state index >= 15 is 0 Å². The van der Waals surface area contributed by atoms with Crippen LogP contribution in [-0.2, 0) is 0 Å². The van der Waals surface area contributed by atoms with E-state index in [0.29, 0.717) is 0 Å². The summed E-state index contributed by atoms with van der Waals surface area (Å²) in [5.41, 5.74) is 1.52. The monoisotopic (exact) mass is 258 g/mol. The lowest BCUT2D eigenvalue weighted by atomic mass is 9.74. The molecule has 1 aromatic rings. The third kappa shape index (κ3) is 2.01. The highest BCUT2D eigenvalue weighted by molar-refractivity contribution is 5.61. The van der Waals surface area contributed by atoms with Crippen LogP contribution in [0.25, 0.3) is 0 Å². The van der Waals surface area contributed by atoms with Gasteiger partial charge in [-0.25, -0.2) is 0 Å². The average molecular weight is 258 g/mol. The van der Waals surface area contributed by atoms with E-state index in [1.165, 1.54) is 37.7 Å². The molecule has 0 radical (unpaired) electrons. The second-order valence-electron chi connectivity index (χ2n) is 5.72. The lowest BCUT2D eigenvalue weighted by molar-refractivity contribution is 0.132. The molecule has 0 bridgehead atoms. The number of methoxy groups -OCH3 is 1. The van der Waals surface area contributed by atoms with Crippen LogP contribution in [0.15, 0.2) is 29.3 Å². The number of benzene rings is 1. The molecule has 1 aliphatic heterocycles. The molecule has 1 atom stereocenters. The SMILES string of the molecule is COc1ccc(C2N=CN(C)C23CCCCC3)cc1. The Morgan fingerprint density at radius 3 is 2.47 bits per heavy atom. The molecule has 2 aliphatic rings. The van der Waals surface area contributed by atoms with E-state index in [4.69, 9.17) is 9.73 Å². The Labute approximate surface area is 115 Å². The molecule has 0 saturated heterocycles. The van der Waals surface area contributed by atoms with Crippen LogP contribution in [0.1, 0.15) is 43.7 Å². The Bertz CT molecular complexity index is 460. The first kappa shape index (κ1) is 12.5. The molecule has 3 nitrogen and oxygen atoms in total. The molecule has 3 rings (SSSR count). The molecular formula is C16H22N2O. The second-order valence-corrected chi connectivity index (χ2v) is 5.72. The zero-order valence-corrected chi connectivity index (χ0v) is 11.8. The minimum atomic E-state index is 0.215. The molecular weight excluding hydrogens is 236 g/mol. The van der Waals surface area contributed by atoms with Crippen molar-refractivity contribution < 1.29 is 4.74 Å². The minimum absolute atomic E-state index is 0.215. The summed E-state index contributed by atoms with van der Waals surface area (Å²) in [7, 11) is 3.89. The number of likely N-dealkylation sites (N-methyl/N-ethyl adjacent to an activating group) is 1. The fourth-order valence-electron chi connectivity index (χ4n) is 3.59. The van der Waals surface area contributed by atoms with Gasteiger partial charge in [-0.3, -0.25) is 4.99 Å². The summed E-state index contributed by atoms with van der Waals surface area (Å²) in [6, 6.07) is 8.69. The summed E-state index contributed by atoms with van der Waals surface area (Å²) in [6.07, 6.45) is 8.53. The van der Waals surface area contributed by atoms with E-state index in [2.05, 4.69) is 24.1 Å². The summed E-state index contributed by atoms with van der Waals surface area (Å²) >= 11 is 0. The normalized spacial score (nSPS) is 24.9. The highest BCUT2D eigenvalue weighted by Crippen LogP contribution is 2.46. The lowest BCUT2D eigenvalue weighted by Crippen LogP contribution is -2.47. The zero-order chi connectivity index (χ0) is 13.3. The van der Waals surface area contributed by atoms with E-state index in [0.717, 1.165) is 5.75 Å². The maximum Gasteiger partial charge on any atom is 0.118 e. The highest BCUT2D eigenvalue weighted by Gasteiger charge is 2.46. The van der Waals surface area contributed by atoms with Crippen LogP contribution in [0, 0.1) is 0 Å². The van der Waals surface area contributed by atoms with E-state index in [9.17, 15) is 0 Å². The number of hydrogen-bond donors (Lipinski definition) is 0.